The summed E-state index contributed by atoms with van der Waals surface area (Å²) in [7, 11) is 0. The van der Waals surface area contributed by atoms with Gasteiger partial charge in [0.15, 0.2) is 0 Å². The summed E-state index contributed by atoms with van der Waals surface area (Å²) in [5, 5.41) is 0.530. The maximum atomic E-state index is 4.87. The van der Waals surface area contributed by atoms with Crippen molar-refractivity contribution in [1.29, 1.82) is 0 Å². The van der Waals surface area contributed by atoms with Gasteiger partial charge in [0, 0.05) is 5.25 Å². The lowest BCUT2D eigenvalue weighted by Crippen LogP contribution is -2.22. The summed E-state index contributed by atoms with van der Waals surface area (Å²) < 4.78 is 0. The molecule has 0 radical (unpaired) electrons. The Labute approximate surface area is 156 Å². The second-order valence-electron chi connectivity index (χ2n) is 8.48. The molecule has 0 aromatic heterocycles. The van der Waals surface area contributed by atoms with E-state index in [0.717, 1.165) is 17.8 Å². The molecule has 1 aromatic carbocycles. The van der Waals surface area contributed by atoms with Gasteiger partial charge in [-0.1, -0.05) is 90.5 Å². The smallest absolute Gasteiger partial charge is 0.00888 e. The Balaban J connectivity index is 1.69. The van der Waals surface area contributed by atoms with Gasteiger partial charge in [-0.05, 0) is 47.6 Å². The van der Waals surface area contributed by atoms with E-state index in [1.54, 1.807) is 11.1 Å². The van der Waals surface area contributed by atoms with Crippen molar-refractivity contribution in [2.24, 2.45) is 11.8 Å². The molecule has 0 spiro atoms. The van der Waals surface area contributed by atoms with Gasteiger partial charge in [-0.25, -0.2) is 0 Å². The van der Waals surface area contributed by atoms with Crippen LogP contribution >= 0.6 is 12.6 Å². The van der Waals surface area contributed by atoms with Crippen LogP contribution in [-0.2, 0) is 0 Å². The fraction of sp³-hybridized carbons (Fsp3) is 0.739. The van der Waals surface area contributed by atoms with Crippen molar-refractivity contribution in [3.8, 4) is 0 Å². The maximum Gasteiger partial charge on any atom is 0.00888 e. The van der Waals surface area contributed by atoms with E-state index in [4.69, 9.17) is 12.6 Å². The van der Waals surface area contributed by atoms with Gasteiger partial charge < -0.3 is 0 Å². The minimum atomic E-state index is 0.530. The highest BCUT2D eigenvalue weighted by Gasteiger charge is 2.29. The van der Waals surface area contributed by atoms with Crippen LogP contribution in [0.5, 0.6) is 0 Å². The standard InChI is InChI=1S/C23H38S/c1-17(2)18(3)12-8-6-5-7-9-13-20-16-23(24)19(4)21-14-10-11-15-22(20)21/h10-11,14-15,17-20,23-24H,5-9,12-13,16H2,1-4H3. The van der Waals surface area contributed by atoms with Crippen molar-refractivity contribution in [1.82, 2.24) is 0 Å². The molecule has 0 aliphatic heterocycles. The largest absolute Gasteiger partial charge is 0.175 e. The van der Waals surface area contributed by atoms with Crippen LogP contribution in [0.25, 0.3) is 0 Å². The predicted octanol–water partition coefficient (Wildman–Crippen LogP) is 7.60. The van der Waals surface area contributed by atoms with Gasteiger partial charge in [0.1, 0.15) is 0 Å². The third kappa shape index (κ3) is 5.55. The van der Waals surface area contributed by atoms with Crippen LogP contribution in [-0.4, -0.2) is 5.25 Å². The molecular weight excluding hydrogens is 308 g/mol. The Morgan fingerprint density at radius 3 is 2.29 bits per heavy atom. The Bertz CT molecular complexity index is 479. The van der Waals surface area contributed by atoms with E-state index >= 15 is 0 Å². The third-order valence-electron chi connectivity index (χ3n) is 6.38. The molecular formula is C23H38S. The first-order valence-corrected chi connectivity index (χ1v) is 10.8. The molecule has 1 aliphatic rings. The quantitative estimate of drug-likeness (QED) is 0.345. The van der Waals surface area contributed by atoms with Gasteiger partial charge in [-0.15, -0.1) is 0 Å². The zero-order valence-corrected chi connectivity index (χ0v) is 17.2. The summed E-state index contributed by atoms with van der Waals surface area (Å²) in [6, 6.07) is 9.10. The summed E-state index contributed by atoms with van der Waals surface area (Å²) in [5.41, 5.74) is 3.16. The monoisotopic (exact) mass is 346 g/mol. The molecule has 1 heteroatoms. The average Bonchev–Trinajstić information content (AvgIpc) is 2.57. The summed E-state index contributed by atoms with van der Waals surface area (Å²) in [4.78, 5) is 0. The molecule has 0 fully saturated rings. The molecule has 0 nitrogen and oxygen atoms in total. The van der Waals surface area contributed by atoms with E-state index in [1.807, 2.05) is 0 Å². The van der Waals surface area contributed by atoms with E-state index in [0.29, 0.717) is 11.2 Å². The van der Waals surface area contributed by atoms with Gasteiger partial charge in [-0.2, -0.15) is 12.6 Å². The van der Waals surface area contributed by atoms with Gasteiger partial charge in [0.2, 0.25) is 0 Å². The molecule has 136 valence electrons. The number of hydrogen-bond acceptors (Lipinski definition) is 1. The van der Waals surface area contributed by atoms with E-state index in [-0.39, 0.29) is 0 Å². The first-order valence-electron chi connectivity index (χ1n) is 10.3. The summed E-state index contributed by atoms with van der Waals surface area (Å²) in [6.07, 6.45) is 11.1. The fourth-order valence-corrected chi connectivity index (χ4v) is 4.54. The molecule has 0 saturated heterocycles. The van der Waals surface area contributed by atoms with E-state index < -0.39 is 0 Å². The molecule has 1 aromatic rings. The molecule has 0 bridgehead atoms. The lowest BCUT2D eigenvalue weighted by atomic mass is 9.75. The Kier molecular flexibility index (Phi) is 8.20. The van der Waals surface area contributed by atoms with Crippen molar-refractivity contribution < 1.29 is 0 Å². The second-order valence-corrected chi connectivity index (χ2v) is 9.15. The topological polar surface area (TPSA) is 0 Å². The highest BCUT2D eigenvalue weighted by atomic mass is 32.1. The summed E-state index contributed by atoms with van der Waals surface area (Å²) >= 11 is 4.87. The minimum Gasteiger partial charge on any atom is -0.175 e. The normalized spacial score (nSPS) is 24.8. The van der Waals surface area contributed by atoms with Crippen LogP contribution in [0.3, 0.4) is 0 Å². The van der Waals surface area contributed by atoms with Crippen molar-refractivity contribution >= 4 is 12.6 Å². The van der Waals surface area contributed by atoms with Gasteiger partial charge in [0.05, 0.1) is 0 Å². The molecule has 4 unspecified atom stereocenters. The highest BCUT2D eigenvalue weighted by Crippen LogP contribution is 2.43. The molecule has 2 rings (SSSR count). The summed E-state index contributed by atoms with van der Waals surface area (Å²) in [5.74, 6) is 3.07. The summed E-state index contributed by atoms with van der Waals surface area (Å²) in [6.45, 7) is 9.44. The van der Waals surface area contributed by atoms with Crippen LogP contribution in [0.4, 0.5) is 0 Å². The number of rotatable bonds is 9. The van der Waals surface area contributed by atoms with Gasteiger partial charge in [0.25, 0.3) is 0 Å². The Morgan fingerprint density at radius 2 is 1.58 bits per heavy atom. The molecule has 0 amide bonds. The van der Waals surface area contributed by atoms with Crippen molar-refractivity contribution in [3.63, 3.8) is 0 Å². The maximum absolute atomic E-state index is 4.87. The zero-order chi connectivity index (χ0) is 17.5. The van der Waals surface area contributed by atoms with Crippen molar-refractivity contribution in [2.75, 3.05) is 0 Å². The molecule has 0 saturated carbocycles. The third-order valence-corrected chi connectivity index (χ3v) is 7.04. The SMILES string of the molecule is CC(C)C(C)CCCCCCCC1CC(S)C(C)c2ccccc21. The van der Waals surface area contributed by atoms with Crippen LogP contribution in [0.1, 0.15) is 102 Å². The number of benzene rings is 1. The predicted molar refractivity (Wildman–Crippen MR) is 111 cm³/mol. The van der Waals surface area contributed by atoms with Crippen LogP contribution in [0, 0.1) is 11.8 Å². The van der Waals surface area contributed by atoms with Crippen LogP contribution in [0.15, 0.2) is 24.3 Å². The number of hydrogen-bond donors (Lipinski definition) is 1. The number of thiol groups is 1. The minimum absolute atomic E-state index is 0.530. The molecule has 0 N–H and O–H groups in total. The number of fused-ring (bicyclic) bond motifs is 1. The van der Waals surface area contributed by atoms with E-state index in [2.05, 4.69) is 52.0 Å². The highest BCUT2D eigenvalue weighted by molar-refractivity contribution is 7.81. The molecule has 24 heavy (non-hydrogen) atoms. The fourth-order valence-electron chi connectivity index (χ4n) is 4.12. The second kappa shape index (κ2) is 9.90. The van der Waals surface area contributed by atoms with Crippen molar-refractivity contribution in [2.45, 2.75) is 96.1 Å². The first-order chi connectivity index (χ1) is 11.5. The van der Waals surface area contributed by atoms with Crippen molar-refractivity contribution in [3.05, 3.63) is 35.4 Å². The molecule has 0 heterocycles. The van der Waals surface area contributed by atoms with E-state index in [1.165, 1.54) is 51.4 Å². The van der Waals surface area contributed by atoms with Gasteiger partial charge in [-0.3, -0.25) is 0 Å². The molecule has 4 atom stereocenters. The number of unbranched alkanes of at least 4 members (excludes halogenated alkanes) is 4. The van der Waals surface area contributed by atoms with Gasteiger partial charge >= 0.3 is 0 Å². The zero-order valence-electron chi connectivity index (χ0n) is 16.3. The van der Waals surface area contributed by atoms with E-state index in [9.17, 15) is 0 Å². The molecule has 1 aliphatic carbocycles. The van der Waals surface area contributed by atoms with Crippen LogP contribution in [0.2, 0.25) is 0 Å². The average molecular weight is 347 g/mol. The Morgan fingerprint density at radius 1 is 0.958 bits per heavy atom. The van der Waals surface area contributed by atoms with Crippen LogP contribution < -0.4 is 0 Å². The Hall–Kier alpha value is -0.430. The first kappa shape index (κ1) is 19.9. The lowest BCUT2D eigenvalue weighted by molar-refractivity contribution is 0.373. The lowest BCUT2D eigenvalue weighted by Gasteiger charge is -2.34.